The second-order valence-electron chi connectivity index (χ2n) is 4.25. The van der Waals surface area contributed by atoms with Crippen LogP contribution in [0.3, 0.4) is 0 Å². The van der Waals surface area contributed by atoms with Crippen LogP contribution in [0, 0.1) is 0 Å². The van der Waals surface area contributed by atoms with Gasteiger partial charge in [0.15, 0.2) is 0 Å². The number of hydrogen-bond acceptors (Lipinski definition) is 3. The fraction of sp³-hybridized carbons (Fsp3) is 0.429. The first-order valence-electron chi connectivity index (χ1n) is 6.16. The molecule has 0 spiro atoms. The lowest BCUT2D eigenvalue weighted by molar-refractivity contribution is -0.137. The molecule has 2 N–H and O–H groups in total. The number of benzene rings is 1. The Hall–Kier alpha value is -1.88. The van der Waals surface area contributed by atoms with Gasteiger partial charge in [0.2, 0.25) is 5.91 Å². The third kappa shape index (κ3) is 6.01. The number of rotatable bonds is 8. The van der Waals surface area contributed by atoms with Gasteiger partial charge in [0.1, 0.15) is 0 Å². The number of carboxylic acid groups (broad SMARTS) is 1. The van der Waals surface area contributed by atoms with E-state index in [0.29, 0.717) is 13.2 Å². The summed E-state index contributed by atoms with van der Waals surface area (Å²) in [7, 11) is 1.56. The average Bonchev–Trinajstić information content (AvgIpc) is 2.39. The van der Waals surface area contributed by atoms with Crippen molar-refractivity contribution in [3.63, 3.8) is 0 Å². The van der Waals surface area contributed by atoms with E-state index in [1.807, 2.05) is 30.3 Å². The van der Waals surface area contributed by atoms with Crippen molar-refractivity contribution in [2.24, 2.45) is 0 Å². The number of nitrogens with one attached hydrogen (secondary N) is 1. The Kier molecular flexibility index (Phi) is 6.60. The molecule has 1 amide bonds. The number of methoxy groups -OCH3 is 1. The van der Waals surface area contributed by atoms with Crippen LogP contribution in [0.4, 0.5) is 0 Å². The lowest BCUT2D eigenvalue weighted by Crippen LogP contribution is -2.28. The lowest BCUT2D eigenvalue weighted by atomic mass is 9.92. The van der Waals surface area contributed by atoms with Crippen molar-refractivity contribution in [1.82, 2.24) is 5.32 Å². The minimum absolute atomic E-state index is 0.0539. The first-order valence-corrected chi connectivity index (χ1v) is 6.16. The zero-order valence-electron chi connectivity index (χ0n) is 11.0. The molecule has 0 fully saturated rings. The molecule has 19 heavy (non-hydrogen) atoms. The molecule has 0 saturated carbocycles. The van der Waals surface area contributed by atoms with Crippen LogP contribution >= 0.6 is 0 Å². The summed E-state index contributed by atoms with van der Waals surface area (Å²) >= 11 is 0. The number of ether oxygens (including phenoxy) is 1. The summed E-state index contributed by atoms with van der Waals surface area (Å²) in [5.74, 6) is -1.37. The zero-order valence-corrected chi connectivity index (χ0v) is 11.0. The van der Waals surface area contributed by atoms with E-state index in [1.54, 1.807) is 7.11 Å². The Balaban J connectivity index is 2.60. The summed E-state index contributed by atoms with van der Waals surface area (Å²) in [5, 5.41) is 11.6. The van der Waals surface area contributed by atoms with Crippen molar-refractivity contribution in [3.8, 4) is 0 Å². The van der Waals surface area contributed by atoms with Crippen molar-refractivity contribution in [1.29, 1.82) is 0 Å². The zero-order chi connectivity index (χ0) is 14.1. The van der Waals surface area contributed by atoms with Crippen LogP contribution in [0.15, 0.2) is 30.3 Å². The Bertz CT molecular complexity index is 405. The molecule has 104 valence electrons. The van der Waals surface area contributed by atoms with E-state index in [9.17, 15) is 9.59 Å². The number of aliphatic carboxylic acids is 1. The van der Waals surface area contributed by atoms with E-state index in [2.05, 4.69) is 5.32 Å². The SMILES string of the molecule is COCCNC(=O)C[C@H](CC(=O)O)c1ccccc1. The third-order valence-corrected chi connectivity index (χ3v) is 2.75. The molecular formula is C14H19NO4. The van der Waals surface area contributed by atoms with Gasteiger partial charge < -0.3 is 15.2 Å². The third-order valence-electron chi connectivity index (χ3n) is 2.75. The van der Waals surface area contributed by atoms with Crippen LogP contribution in [0.25, 0.3) is 0 Å². The highest BCUT2D eigenvalue weighted by Crippen LogP contribution is 2.23. The summed E-state index contributed by atoms with van der Waals surface area (Å²) in [6.45, 7) is 0.880. The molecule has 0 aliphatic heterocycles. The summed E-state index contributed by atoms with van der Waals surface area (Å²) in [6.07, 6.45) is 0.113. The van der Waals surface area contributed by atoms with Crippen molar-refractivity contribution >= 4 is 11.9 Å². The second-order valence-corrected chi connectivity index (χ2v) is 4.25. The fourth-order valence-electron chi connectivity index (χ4n) is 1.83. The molecule has 1 rings (SSSR count). The fourth-order valence-corrected chi connectivity index (χ4v) is 1.83. The number of hydrogen-bond donors (Lipinski definition) is 2. The summed E-state index contributed by atoms with van der Waals surface area (Å²) < 4.78 is 4.84. The number of carbonyl (C=O) groups excluding carboxylic acids is 1. The molecule has 0 heterocycles. The van der Waals surface area contributed by atoms with Gasteiger partial charge in [-0.05, 0) is 5.56 Å². The Labute approximate surface area is 112 Å². The number of amides is 1. The highest BCUT2D eigenvalue weighted by Gasteiger charge is 2.18. The van der Waals surface area contributed by atoms with Crippen LogP contribution in [0.1, 0.15) is 24.3 Å². The van der Waals surface area contributed by atoms with Gasteiger partial charge in [0.25, 0.3) is 0 Å². The Morgan fingerprint density at radius 3 is 2.53 bits per heavy atom. The Morgan fingerprint density at radius 1 is 1.26 bits per heavy atom. The molecule has 1 aromatic carbocycles. The van der Waals surface area contributed by atoms with Gasteiger partial charge in [0, 0.05) is 26.0 Å². The normalized spacial score (nSPS) is 11.8. The van der Waals surface area contributed by atoms with E-state index < -0.39 is 5.97 Å². The molecule has 0 bridgehead atoms. The molecule has 0 saturated heterocycles. The topological polar surface area (TPSA) is 75.6 Å². The monoisotopic (exact) mass is 265 g/mol. The molecular weight excluding hydrogens is 246 g/mol. The summed E-state index contributed by atoms with van der Waals surface area (Å²) in [5.41, 5.74) is 0.867. The van der Waals surface area contributed by atoms with Gasteiger partial charge in [0.05, 0.1) is 13.0 Å². The Morgan fingerprint density at radius 2 is 1.95 bits per heavy atom. The summed E-state index contributed by atoms with van der Waals surface area (Å²) in [4.78, 5) is 22.6. The molecule has 0 aliphatic carbocycles. The quantitative estimate of drug-likeness (QED) is 0.697. The molecule has 1 aromatic rings. The van der Waals surface area contributed by atoms with Crippen LogP contribution in [-0.4, -0.2) is 37.2 Å². The van der Waals surface area contributed by atoms with E-state index in [-0.39, 0.29) is 24.7 Å². The van der Waals surface area contributed by atoms with Gasteiger partial charge >= 0.3 is 5.97 Å². The first kappa shape index (κ1) is 15.2. The summed E-state index contributed by atoms with van der Waals surface area (Å²) in [6, 6.07) is 9.23. The van der Waals surface area contributed by atoms with E-state index >= 15 is 0 Å². The number of carbonyl (C=O) groups is 2. The van der Waals surface area contributed by atoms with Crippen LogP contribution in [0.5, 0.6) is 0 Å². The minimum Gasteiger partial charge on any atom is -0.481 e. The molecule has 0 aromatic heterocycles. The average molecular weight is 265 g/mol. The smallest absolute Gasteiger partial charge is 0.303 e. The van der Waals surface area contributed by atoms with Gasteiger partial charge in [-0.25, -0.2) is 0 Å². The second kappa shape index (κ2) is 8.26. The molecule has 5 nitrogen and oxygen atoms in total. The van der Waals surface area contributed by atoms with E-state index in [4.69, 9.17) is 9.84 Å². The largest absolute Gasteiger partial charge is 0.481 e. The highest BCUT2D eigenvalue weighted by atomic mass is 16.5. The predicted molar refractivity (Wildman–Crippen MR) is 70.9 cm³/mol. The number of carboxylic acids is 1. The van der Waals surface area contributed by atoms with Crippen molar-refractivity contribution < 1.29 is 19.4 Å². The van der Waals surface area contributed by atoms with Crippen molar-refractivity contribution in [2.75, 3.05) is 20.3 Å². The standard InChI is InChI=1S/C14H19NO4/c1-19-8-7-15-13(16)9-12(10-14(17)18)11-5-3-2-4-6-11/h2-6,12H,7-10H2,1H3,(H,15,16)(H,17,18)/t12-/m1/s1. The maximum Gasteiger partial charge on any atom is 0.303 e. The first-order chi connectivity index (χ1) is 9.13. The van der Waals surface area contributed by atoms with E-state index in [0.717, 1.165) is 5.56 Å². The minimum atomic E-state index is -0.904. The highest BCUT2D eigenvalue weighted by molar-refractivity contribution is 5.78. The molecule has 0 radical (unpaired) electrons. The van der Waals surface area contributed by atoms with Crippen molar-refractivity contribution in [2.45, 2.75) is 18.8 Å². The maximum absolute atomic E-state index is 11.7. The molecule has 1 atom stereocenters. The van der Waals surface area contributed by atoms with Crippen LogP contribution in [-0.2, 0) is 14.3 Å². The molecule has 0 aliphatic rings. The van der Waals surface area contributed by atoms with Gasteiger partial charge in [-0.1, -0.05) is 30.3 Å². The lowest BCUT2D eigenvalue weighted by Gasteiger charge is -2.15. The van der Waals surface area contributed by atoms with Crippen LogP contribution < -0.4 is 5.32 Å². The van der Waals surface area contributed by atoms with Gasteiger partial charge in [-0.3, -0.25) is 9.59 Å². The molecule has 5 heteroatoms. The predicted octanol–water partition coefficient (Wildman–Crippen LogP) is 1.40. The van der Waals surface area contributed by atoms with Crippen LogP contribution in [0.2, 0.25) is 0 Å². The van der Waals surface area contributed by atoms with Crippen molar-refractivity contribution in [3.05, 3.63) is 35.9 Å². The van der Waals surface area contributed by atoms with Gasteiger partial charge in [-0.2, -0.15) is 0 Å². The van der Waals surface area contributed by atoms with E-state index in [1.165, 1.54) is 0 Å². The maximum atomic E-state index is 11.7. The van der Waals surface area contributed by atoms with Gasteiger partial charge in [-0.15, -0.1) is 0 Å². The molecule has 0 unspecified atom stereocenters.